The number of carbonyl (C=O) groups is 2. The highest BCUT2D eigenvalue weighted by Crippen LogP contribution is 2.23. The summed E-state index contributed by atoms with van der Waals surface area (Å²) in [6, 6.07) is 13.9. The van der Waals surface area contributed by atoms with Crippen LogP contribution in [0.25, 0.3) is 0 Å². The number of benzene rings is 2. The van der Waals surface area contributed by atoms with Crippen molar-refractivity contribution >= 4 is 46.6 Å². The summed E-state index contributed by atoms with van der Waals surface area (Å²) in [6.45, 7) is 0.248. The molecule has 9 heteroatoms. The van der Waals surface area contributed by atoms with Crippen molar-refractivity contribution in [1.29, 1.82) is 0 Å². The molecular weight excluding hydrogens is 429 g/mol. The molecule has 0 radical (unpaired) electrons. The fourth-order valence-electron chi connectivity index (χ4n) is 2.75. The molecular formula is C21H17Cl2N3O4. The number of carbonyl (C=O) groups excluding carboxylic acids is 2. The Balaban J connectivity index is 1.77. The molecule has 0 bridgehead atoms. The number of para-hydroxylation sites is 1. The third kappa shape index (κ3) is 5.00. The van der Waals surface area contributed by atoms with Gasteiger partial charge in [-0.05, 0) is 42.0 Å². The van der Waals surface area contributed by atoms with E-state index in [1.54, 1.807) is 48.7 Å². The number of nitrogens with one attached hydrogen (secondary N) is 2. The van der Waals surface area contributed by atoms with Crippen molar-refractivity contribution < 1.29 is 14.3 Å². The van der Waals surface area contributed by atoms with Crippen LogP contribution in [0.1, 0.15) is 15.9 Å². The number of rotatable bonds is 5. The number of esters is 1. The molecule has 1 aromatic heterocycles. The van der Waals surface area contributed by atoms with Crippen LogP contribution in [0.15, 0.2) is 65.6 Å². The zero-order valence-corrected chi connectivity index (χ0v) is 17.3. The number of methoxy groups -OCH3 is 1. The van der Waals surface area contributed by atoms with Gasteiger partial charge in [0.1, 0.15) is 5.69 Å². The van der Waals surface area contributed by atoms with Crippen LogP contribution in [-0.2, 0) is 11.3 Å². The van der Waals surface area contributed by atoms with Gasteiger partial charge < -0.3 is 19.9 Å². The maximum Gasteiger partial charge on any atom is 0.339 e. The van der Waals surface area contributed by atoms with Gasteiger partial charge in [-0.15, -0.1) is 0 Å². The molecule has 2 amide bonds. The summed E-state index contributed by atoms with van der Waals surface area (Å²) in [6.07, 6.45) is 1.60. The molecule has 3 rings (SSSR count). The fraction of sp³-hybridized carbons (Fsp3) is 0.0952. The molecule has 2 N–H and O–H groups in total. The summed E-state index contributed by atoms with van der Waals surface area (Å²) >= 11 is 11.9. The van der Waals surface area contributed by atoms with Crippen LogP contribution in [0.4, 0.5) is 16.2 Å². The monoisotopic (exact) mass is 445 g/mol. The van der Waals surface area contributed by atoms with E-state index in [2.05, 4.69) is 10.6 Å². The molecule has 3 aromatic rings. The highest BCUT2D eigenvalue weighted by Gasteiger charge is 2.14. The number of hydrogen-bond acceptors (Lipinski definition) is 4. The van der Waals surface area contributed by atoms with Gasteiger partial charge in [-0.25, -0.2) is 9.59 Å². The Hall–Kier alpha value is -3.29. The van der Waals surface area contributed by atoms with Gasteiger partial charge in [0, 0.05) is 6.20 Å². The van der Waals surface area contributed by atoms with E-state index in [0.717, 1.165) is 5.56 Å². The van der Waals surface area contributed by atoms with E-state index in [1.807, 2.05) is 0 Å². The third-order valence-electron chi connectivity index (χ3n) is 4.19. The third-order valence-corrected chi connectivity index (χ3v) is 4.92. The zero-order chi connectivity index (χ0) is 21.7. The number of nitrogens with zero attached hydrogens (tertiary/aromatic N) is 1. The predicted octanol–water partition coefficient (Wildman–Crippen LogP) is 4.63. The Morgan fingerprint density at radius 1 is 0.967 bits per heavy atom. The SMILES string of the molecule is COC(=O)c1ccccc1NC(=O)Nc1cccn(Cc2ccc(Cl)c(Cl)c2)c1=O. The highest BCUT2D eigenvalue weighted by molar-refractivity contribution is 6.42. The molecule has 0 unspecified atom stereocenters. The average Bonchev–Trinajstić information content (AvgIpc) is 2.73. The number of ether oxygens (including phenoxy) is 1. The standard InChI is InChI=1S/C21H17Cl2N3O4/c1-30-20(28)14-5-2-3-6-17(14)24-21(29)25-18-7-4-10-26(19(18)27)12-13-8-9-15(22)16(23)11-13/h2-11H,12H2,1H3,(H2,24,25,29). The van der Waals surface area contributed by atoms with Gasteiger partial charge in [0.05, 0.1) is 35.0 Å². The largest absolute Gasteiger partial charge is 0.465 e. The summed E-state index contributed by atoms with van der Waals surface area (Å²) in [5.41, 5.74) is 0.903. The van der Waals surface area contributed by atoms with Crippen LogP contribution >= 0.6 is 23.2 Å². The van der Waals surface area contributed by atoms with Gasteiger partial charge in [0.2, 0.25) is 0 Å². The van der Waals surface area contributed by atoms with Crippen molar-refractivity contribution in [3.8, 4) is 0 Å². The van der Waals surface area contributed by atoms with E-state index < -0.39 is 17.6 Å². The van der Waals surface area contributed by atoms with Gasteiger partial charge in [-0.2, -0.15) is 0 Å². The Bertz CT molecular complexity index is 1160. The number of hydrogen-bond donors (Lipinski definition) is 2. The quantitative estimate of drug-likeness (QED) is 0.560. The summed E-state index contributed by atoms with van der Waals surface area (Å²) in [7, 11) is 1.25. The lowest BCUT2D eigenvalue weighted by Gasteiger charge is -2.12. The number of pyridine rings is 1. The minimum absolute atomic E-state index is 0.0746. The second-order valence-corrected chi connectivity index (χ2v) is 7.03. The zero-order valence-electron chi connectivity index (χ0n) is 15.8. The van der Waals surface area contributed by atoms with E-state index >= 15 is 0 Å². The van der Waals surface area contributed by atoms with E-state index in [-0.39, 0.29) is 23.5 Å². The second-order valence-electron chi connectivity index (χ2n) is 6.22. The summed E-state index contributed by atoms with van der Waals surface area (Å²) in [5.74, 6) is -0.588. The molecule has 0 atom stereocenters. The number of anilines is 2. The molecule has 0 aliphatic carbocycles. The maximum atomic E-state index is 12.7. The minimum Gasteiger partial charge on any atom is -0.465 e. The van der Waals surface area contributed by atoms with E-state index in [9.17, 15) is 14.4 Å². The first-order valence-electron chi connectivity index (χ1n) is 8.78. The van der Waals surface area contributed by atoms with Crippen LogP contribution in [-0.4, -0.2) is 23.7 Å². The van der Waals surface area contributed by atoms with Crippen LogP contribution in [0.5, 0.6) is 0 Å². The molecule has 7 nitrogen and oxygen atoms in total. The smallest absolute Gasteiger partial charge is 0.339 e. The highest BCUT2D eigenvalue weighted by atomic mass is 35.5. The Morgan fingerprint density at radius 2 is 1.67 bits per heavy atom. The Labute approximate surface area is 182 Å². The Morgan fingerprint density at radius 3 is 2.40 bits per heavy atom. The van der Waals surface area contributed by atoms with Gasteiger partial charge >= 0.3 is 12.0 Å². The van der Waals surface area contributed by atoms with Crippen molar-refractivity contribution in [2.45, 2.75) is 6.54 Å². The van der Waals surface area contributed by atoms with Gasteiger partial charge in [-0.1, -0.05) is 41.4 Å². The summed E-state index contributed by atoms with van der Waals surface area (Å²) < 4.78 is 6.13. The fourth-order valence-corrected chi connectivity index (χ4v) is 3.07. The lowest BCUT2D eigenvalue weighted by Crippen LogP contribution is -2.28. The molecule has 2 aromatic carbocycles. The van der Waals surface area contributed by atoms with Crippen molar-refractivity contribution in [3.05, 3.63) is 92.3 Å². The molecule has 0 aliphatic heterocycles. The molecule has 0 spiro atoms. The lowest BCUT2D eigenvalue weighted by atomic mass is 10.2. The molecule has 0 aliphatic rings. The van der Waals surface area contributed by atoms with Crippen molar-refractivity contribution in [3.63, 3.8) is 0 Å². The predicted molar refractivity (Wildman–Crippen MR) is 117 cm³/mol. The van der Waals surface area contributed by atoms with Crippen molar-refractivity contribution in [2.24, 2.45) is 0 Å². The molecule has 30 heavy (non-hydrogen) atoms. The molecule has 1 heterocycles. The molecule has 0 fully saturated rings. The average molecular weight is 446 g/mol. The molecule has 0 saturated carbocycles. The molecule has 154 valence electrons. The topological polar surface area (TPSA) is 89.4 Å². The van der Waals surface area contributed by atoms with E-state index in [1.165, 1.54) is 23.8 Å². The Kier molecular flexibility index (Phi) is 6.76. The van der Waals surface area contributed by atoms with Crippen LogP contribution in [0.3, 0.4) is 0 Å². The normalized spacial score (nSPS) is 10.4. The van der Waals surface area contributed by atoms with Gasteiger partial charge in [0.15, 0.2) is 0 Å². The molecule has 0 saturated heterocycles. The number of amides is 2. The van der Waals surface area contributed by atoms with Crippen LogP contribution in [0.2, 0.25) is 10.0 Å². The lowest BCUT2D eigenvalue weighted by molar-refractivity contribution is 0.0602. The first kappa shape index (κ1) is 21.4. The van der Waals surface area contributed by atoms with Gasteiger partial charge in [-0.3, -0.25) is 4.79 Å². The number of urea groups is 1. The number of aromatic nitrogens is 1. The summed E-state index contributed by atoms with van der Waals surface area (Å²) in [4.78, 5) is 36.9. The van der Waals surface area contributed by atoms with Crippen molar-refractivity contribution in [1.82, 2.24) is 4.57 Å². The summed E-state index contributed by atoms with van der Waals surface area (Å²) in [5, 5.41) is 5.87. The first-order valence-corrected chi connectivity index (χ1v) is 9.53. The van der Waals surface area contributed by atoms with E-state index in [0.29, 0.717) is 10.0 Å². The van der Waals surface area contributed by atoms with Crippen molar-refractivity contribution in [2.75, 3.05) is 17.7 Å². The van der Waals surface area contributed by atoms with Gasteiger partial charge in [0.25, 0.3) is 5.56 Å². The van der Waals surface area contributed by atoms with E-state index in [4.69, 9.17) is 27.9 Å². The first-order chi connectivity index (χ1) is 14.4. The number of halogens is 2. The maximum absolute atomic E-state index is 12.7. The van der Waals surface area contributed by atoms with Crippen LogP contribution in [0, 0.1) is 0 Å². The van der Waals surface area contributed by atoms with Crippen LogP contribution < -0.4 is 16.2 Å². The second kappa shape index (κ2) is 9.47. The minimum atomic E-state index is -0.671.